The molecule has 6 N–H and O–H groups in total. The molecule has 0 aromatic heterocycles. The fourth-order valence-electron chi connectivity index (χ4n) is 4.85. The molecule has 0 unspecified atom stereocenters. The predicted octanol–water partition coefficient (Wildman–Crippen LogP) is 5.64. The molecule has 1 aliphatic rings. The van der Waals surface area contributed by atoms with Crippen LogP contribution in [0.2, 0.25) is 0 Å². The number of aliphatic hydroxyl groups is 1. The molecule has 0 saturated carbocycles. The van der Waals surface area contributed by atoms with Crippen LogP contribution in [0.15, 0.2) is 77.3 Å². The molecular formula is C30H39BrN4O4S. The fourth-order valence-corrected chi connectivity index (χ4v) is 6.98. The van der Waals surface area contributed by atoms with Gasteiger partial charge in [0.05, 0.1) is 23.6 Å². The molecule has 8 nitrogen and oxygen atoms in total. The van der Waals surface area contributed by atoms with Gasteiger partial charge in [-0.15, -0.1) is 10.8 Å². The van der Waals surface area contributed by atoms with Crippen molar-refractivity contribution in [3.05, 3.63) is 94.0 Å². The van der Waals surface area contributed by atoms with Crippen molar-refractivity contribution in [1.82, 2.24) is 10.6 Å². The summed E-state index contributed by atoms with van der Waals surface area (Å²) in [6.45, 7) is 4.01. The van der Waals surface area contributed by atoms with Crippen molar-refractivity contribution >= 4 is 44.0 Å². The van der Waals surface area contributed by atoms with E-state index < -0.39 is 22.9 Å². The topological polar surface area (TPSA) is 117 Å². The van der Waals surface area contributed by atoms with Crippen molar-refractivity contribution in [2.75, 3.05) is 35.0 Å². The van der Waals surface area contributed by atoms with Crippen molar-refractivity contribution in [2.45, 2.75) is 44.9 Å². The Morgan fingerprint density at radius 1 is 1.02 bits per heavy atom. The monoisotopic (exact) mass is 630 g/mol. The van der Waals surface area contributed by atoms with Gasteiger partial charge in [-0.2, -0.15) is 0 Å². The third kappa shape index (κ3) is 8.45. The van der Waals surface area contributed by atoms with Crippen LogP contribution >= 0.6 is 26.7 Å². The highest BCUT2D eigenvalue weighted by atomic mass is 79.9. The molecule has 0 spiro atoms. The van der Waals surface area contributed by atoms with Gasteiger partial charge in [0, 0.05) is 41.9 Å². The third-order valence-electron chi connectivity index (χ3n) is 6.88. The van der Waals surface area contributed by atoms with E-state index in [1.54, 1.807) is 16.4 Å². The summed E-state index contributed by atoms with van der Waals surface area (Å²) in [5.74, 6) is -0.0143. The van der Waals surface area contributed by atoms with Crippen molar-refractivity contribution < 1.29 is 19.0 Å². The Morgan fingerprint density at radius 2 is 1.80 bits per heavy atom. The van der Waals surface area contributed by atoms with E-state index in [2.05, 4.69) is 31.9 Å². The molecule has 3 aromatic carbocycles. The number of amides is 1. The summed E-state index contributed by atoms with van der Waals surface area (Å²) in [7, 11) is -2.94. The summed E-state index contributed by atoms with van der Waals surface area (Å²) in [4.78, 5) is 13.6. The van der Waals surface area contributed by atoms with Gasteiger partial charge in [0.1, 0.15) is 0 Å². The molecule has 0 radical (unpaired) electrons. The Bertz CT molecular complexity index is 1260. The van der Waals surface area contributed by atoms with Crippen LogP contribution in [0, 0.1) is 0 Å². The third-order valence-corrected chi connectivity index (χ3v) is 9.31. The molecule has 0 aliphatic carbocycles. The number of carbonyl (C=O) groups excluding carboxylic acids is 1. The lowest BCUT2D eigenvalue weighted by Gasteiger charge is -2.47. The van der Waals surface area contributed by atoms with Crippen LogP contribution < -0.4 is 20.3 Å². The second-order valence-corrected chi connectivity index (χ2v) is 13.1. The van der Waals surface area contributed by atoms with Crippen LogP contribution in [-0.4, -0.2) is 57.7 Å². The summed E-state index contributed by atoms with van der Waals surface area (Å²) < 4.78 is 24.0. The van der Waals surface area contributed by atoms with E-state index >= 15 is 0 Å². The van der Waals surface area contributed by atoms with Gasteiger partial charge in [0.2, 0.25) is 0 Å². The van der Waals surface area contributed by atoms with Crippen molar-refractivity contribution in [1.29, 1.82) is 0 Å². The van der Waals surface area contributed by atoms with E-state index in [0.29, 0.717) is 49.6 Å². The van der Waals surface area contributed by atoms with Gasteiger partial charge < -0.3 is 21.1 Å². The maximum absolute atomic E-state index is 13.6. The van der Waals surface area contributed by atoms with Crippen LogP contribution in [0.1, 0.15) is 41.3 Å². The normalized spacial score (nSPS) is 17.1. The average Bonchev–Trinajstić information content (AvgIpc) is 2.93. The van der Waals surface area contributed by atoms with Gasteiger partial charge in [-0.1, -0.05) is 58.4 Å². The quantitative estimate of drug-likeness (QED) is 0.153. The molecule has 216 valence electrons. The summed E-state index contributed by atoms with van der Waals surface area (Å²) >= 11 is 3.49. The summed E-state index contributed by atoms with van der Waals surface area (Å²) in [6.07, 6.45) is 1.22. The number of aliphatic hydroxyl groups excluding tert-OH is 1. The van der Waals surface area contributed by atoms with Crippen LogP contribution in [-0.2, 0) is 13.0 Å². The molecular weight excluding hydrogens is 592 g/mol. The van der Waals surface area contributed by atoms with E-state index in [4.69, 9.17) is 0 Å². The lowest BCUT2D eigenvalue weighted by molar-refractivity contribution is 0.0830. The smallest absolute Gasteiger partial charge is 0.251 e. The largest absolute Gasteiger partial charge is 0.390 e. The Hall–Kier alpha value is -2.60. The number of carbonyl (C=O) groups is 1. The first-order valence-corrected chi connectivity index (χ1v) is 16.1. The van der Waals surface area contributed by atoms with E-state index in [1.807, 2.05) is 67.6 Å². The van der Waals surface area contributed by atoms with Gasteiger partial charge in [-0.3, -0.25) is 18.2 Å². The van der Waals surface area contributed by atoms with Crippen molar-refractivity contribution in [3.8, 4) is 0 Å². The van der Waals surface area contributed by atoms with Gasteiger partial charge in [-0.05, 0) is 67.6 Å². The second-order valence-electron chi connectivity index (χ2n) is 10.0. The highest BCUT2D eigenvalue weighted by molar-refractivity contribution is 9.10. The maximum Gasteiger partial charge on any atom is 0.251 e. The number of benzene rings is 3. The molecule has 3 aromatic rings. The van der Waals surface area contributed by atoms with Crippen LogP contribution in [0.5, 0.6) is 0 Å². The molecule has 1 heterocycles. The highest BCUT2D eigenvalue weighted by Crippen LogP contribution is 2.50. The zero-order valence-corrected chi connectivity index (χ0v) is 25.1. The minimum atomic E-state index is -2.94. The molecule has 1 amide bonds. The molecule has 40 heavy (non-hydrogen) atoms. The first kappa shape index (κ1) is 30.4. The molecule has 1 fully saturated rings. The first-order chi connectivity index (χ1) is 19.2. The second kappa shape index (κ2) is 14.3. The van der Waals surface area contributed by atoms with E-state index in [-0.39, 0.29) is 5.91 Å². The van der Waals surface area contributed by atoms with E-state index in [0.717, 1.165) is 34.1 Å². The number of hydrogen-bond acceptors (Lipinski definition) is 7. The van der Waals surface area contributed by atoms with Gasteiger partial charge >= 0.3 is 0 Å². The van der Waals surface area contributed by atoms with E-state index in [1.165, 1.54) is 0 Å². The highest BCUT2D eigenvalue weighted by Gasteiger charge is 2.28. The Balaban J connectivity index is 1.53. The number of hydrogen-bond donors (Lipinski definition) is 6. The molecule has 1 aliphatic heterocycles. The fraction of sp³-hybridized carbons (Fsp3) is 0.367. The number of anilines is 2. The van der Waals surface area contributed by atoms with E-state index in [9.17, 15) is 19.0 Å². The minimum absolute atomic E-state index is 0.293. The van der Waals surface area contributed by atoms with Crippen molar-refractivity contribution in [3.63, 3.8) is 0 Å². The minimum Gasteiger partial charge on any atom is -0.390 e. The average molecular weight is 632 g/mol. The van der Waals surface area contributed by atoms with Crippen LogP contribution in [0.3, 0.4) is 0 Å². The molecule has 10 heteroatoms. The van der Waals surface area contributed by atoms with Crippen LogP contribution in [0.4, 0.5) is 11.4 Å². The summed E-state index contributed by atoms with van der Waals surface area (Å²) in [5, 5.41) is 20.8. The lowest BCUT2D eigenvalue weighted by Crippen LogP contribution is -2.48. The Morgan fingerprint density at radius 3 is 2.52 bits per heavy atom. The predicted molar refractivity (Wildman–Crippen MR) is 168 cm³/mol. The number of nitrogens with one attached hydrogen (secondary N) is 3. The molecule has 0 bridgehead atoms. The van der Waals surface area contributed by atoms with Crippen molar-refractivity contribution in [2.24, 2.45) is 0 Å². The number of nitrogens with zero attached hydrogens (tertiary/aromatic N) is 1. The summed E-state index contributed by atoms with van der Waals surface area (Å²) in [5.41, 5.74) is 3.80. The zero-order valence-electron chi connectivity index (χ0n) is 22.7. The van der Waals surface area contributed by atoms with Gasteiger partial charge in [-0.25, -0.2) is 0 Å². The lowest BCUT2D eigenvalue weighted by atomic mass is 10.00. The standard InChI is InChI=1S/C30H39BrN4O4S/c1-2-33-26-17-24(18-27(19-26)35-13-6-7-14-40(35,38)39)30(37)34-28(16-22-9-4-3-5-10-22)29(36)21-32-20-23-11-8-12-25(31)15-23/h3-5,8-12,15,17-19,28-29,32-33,36,38-39H,2,6-7,13-14,16,20-21H2,1H3,(H,34,37)/t28-,29-/m0/s1. The Labute approximate surface area is 246 Å². The first-order valence-electron chi connectivity index (χ1n) is 13.7. The maximum atomic E-state index is 13.6. The zero-order chi connectivity index (χ0) is 28.5. The van der Waals surface area contributed by atoms with Gasteiger partial charge in [0.25, 0.3) is 5.91 Å². The molecule has 4 rings (SSSR count). The number of rotatable bonds is 12. The SMILES string of the molecule is CCNc1cc(C(=O)N[C@@H](Cc2ccccc2)[C@@H](O)CNCc2cccc(Br)c2)cc(N2CCCCS2(O)O)c1. The number of halogens is 1. The molecule has 1 saturated heterocycles. The van der Waals surface area contributed by atoms with Crippen LogP contribution in [0.25, 0.3) is 0 Å². The molecule has 2 atom stereocenters. The Kier molecular flexibility index (Phi) is 10.9. The summed E-state index contributed by atoms with van der Waals surface area (Å²) in [6, 6.07) is 22.5. The van der Waals surface area contributed by atoms with Gasteiger partial charge in [0.15, 0.2) is 0 Å².